The van der Waals surface area contributed by atoms with Crippen LogP contribution in [0.25, 0.3) is 0 Å². The number of amides is 1. The lowest BCUT2D eigenvalue weighted by Crippen LogP contribution is -2.21. The number of carboxylic acid groups (broad SMARTS) is 1. The number of carboxylic acids is 1. The van der Waals surface area contributed by atoms with Crippen LogP contribution < -0.4 is 19.5 Å². The molecule has 0 saturated carbocycles. The summed E-state index contributed by atoms with van der Waals surface area (Å²) < 4.78 is 15.7. The first-order valence-corrected chi connectivity index (χ1v) is 8.33. The molecule has 0 spiro atoms. The Kier molecular flexibility index (Phi) is 6.52. The normalized spacial score (nSPS) is 10.3. The summed E-state index contributed by atoms with van der Waals surface area (Å²) in [6.45, 7) is 3.38. The molecule has 8 heteroatoms. The van der Waals surface area contributed by atoms with Crippen molar-refractivity contribution < 1.29 is 28.9 Å². The number of anilines is 1. The van der Waals surface area contributed by atoms with Crippen LogP contribution >= 0.6 is 11.6 Å². The van der Waals surface area contributed by atoms with Gasteiger partial charge in [-0.2, -0.15) is 0 Å². The molecule has 0 saturated heterocycles. The minimum absolute atomic E-state index is 0.0808. The van der Waals surface area contributed by atoms with Crippen LogP contribution in [0.5, 0.6) is 17.2 Å². The maximum absolute atomic E-state index is 12.2. The molecule has 0 heterocycles. The SMILES string of the molecule is COc1cc(NC(=O)COc2cc(C)c(Cl)c(C)c2)c(C(=O)O)cc1OC. The molecule has 0 unspecified atom stereocenters. The number of rotatable bonds is 7. The number of aromatic carboxylic acids is 1. The van der Waals surface area contributed by atoms with E-state index >= 15 is 0 Å². The molecule has 0 aliphatic carbocycles. The molecule has 0 aliphatic rings. The number of halogens is 1. The van der Waals surface area contributed by atoms with Crippen molar-refractivity contribution in [1.29, 1.82) is 0 Å². The van der Waals surface area contributed by atoms with Gasteiger partial charge in [-0.05, 0) is 37.1 Å². The topological polar surface area (TPSA) is 94.1 Å². The molecule has 2 aromatic rings. The highest BCUT2D eigenvalue weighted by atomic mass is 35.5. The number of benzene rings is 2. The van der Waals surface area contributed by atoms with Gasteiger partial charge in [0.2, 0.25) is 0 Å². The molecule has 7 nitrogen and oxygen atoms in total. The highest BCUT2D eigenvalue weighted by molar-refractivity contribution is 6.32. The van der Waals surface area contributed by atoms with Crippen molar-refractivity contribution in [2.24, 2.45) is 0 Å². The lowest BCUT2D eigenvalue weighted by Gasteiger charge is -2.14. The van der Waals surface area contributed by atoms with Crippen molar-refractivity contribution in [1.82, 2.24) is 0 Å². The van der Waals surface area contributed by atoms with Crippen LogP contribution in [0.2, 0.25) is 5.02 Å². The smallest absolute Gasteiger partial charge is 0.337 e. The van der Waals surface area contributed by atoms with Gasteiger partial charge < -0.3 is 24.6 Å². The molecule has 27 heavy (non-hydrogen) atoms. The number of aryl methyl sites for hydroxylation is 2. The number of hydrogen-bond acceptors (Lipinski definition) is 5. The standard InChI is InChI=1S/C19H20ClNO6/c1-10-5-12(6-11(2)18(10)20)27-9-17(22)21-14-8-16(26-4)15(25-3)7-13(14)19(23)24/h5-8H,9H2,1-4H3,(H,21,22)(H,23,24). The average molecular weight is 394 g/mol. The van der Waals surface area contributed by atoms with Gasteiger partial charge in [0, 0.05) is 17.2 Å². The number of nitrogens with one attached hydrogen (secondary N) is 1. The maximum Gasteiger partial charge on any atom is 0.337 e. The third kappa shape index (κ3) is 4.83. The second-order valence-electron chi connectivity index (χ2n) is 5.77. The average Bonchev–Trinajstić information content (AvgIpc) is 2.63. The van der Waals surface area contributed by atoms with E-state index in [0.717, 1.165) is 11.1 Å². The van der Waals surface area contributed by atoms with Gasteiger partial charge in [0.1, 0.15) is 5.75 Å². The first kappa shape index (κ1) is 20.4. The highest BCUT2D eigenvalue weighted by Crippen LogP contribution is 2.33. The van der Waals surface area contributed by atoms with Crippen molar-refractivity contribution in [3.05, 3.63) is 46.0 Å². The van der Waals surface area contributed by atoms with Crippen molar-refractivity contribution >= 4 is 29.2 Å². The molecule has 0 aliphatic heterocycles. The van der Waals surface area contributed by atoms with E-state index in [4.69, 9.17) is 25.8 Å². The summed E-state index contributed by atoms with van der Waals surface area (Å²) in [5.41, 5.74) is 1.62. The van der Waals surface area contributed by atoms with Crippen molar-refractivity contribution in [3.8, 4) is 17.2 Å². The molecule has 0 atom stereocenters. The number of ether oxygens (including phenoxy) is 3. The summed E-state index contributed by atoms with van der Waals surface area (Å²) in [6.07, 6.45) is 0. The van der Waals surface area contributed by atoms with E-state index in [1.54, 1.807) is 12.1 Å². The molecule has 0 aromatic heterocycles. The van der Waals surface area contributed by atoms with Gasteiger partial charge >= 0.3 is 5.97 Å². The van der Waals surface area contributed by atoms with E-state index in [2.05, 4.69) is 5.32 Å². The summed E-state index contributed by atoms with van der Waals surface area (Å²) in [7, 11) is 2.81. The molecular weight excluding hydrogens is 374 g/mol. The van der Waals surface area contributed by atoms with E-state index < -0.39 is 11.9 Å². The molecule has 144 valence electrons. The molecule has 2 aromatic carbocycles. The van der Waals surface area contributed by atoms with Gasteiger partial charge in [0.25, 0.3) is 5.91 Å². The molecule has 0 radical (unpaired) electrons. The van der Waals surface area contributed by atoms with E-state index in [0.29, 0.717) is 16.5 Å². The molecule has 2 N–H and O–H groups in total. The Morgan fingerprint density at radius 1 is 1.04 bits per heavy atom. The fourth-order valence-corrected chi connectivity index (χ4v) is 2.59. The van der Waals surface area contributed by atoms with Gasteiger partial charge in [-0.15, -0.1) is 0 Å². The lowest BCUT2D eigenvalue weighted by atomic mass is 10.1. The van der Waals surface area contributed by atoms with Crippen LogP contribution in [-0.2, 0) is 4.79 Å². The van der Waals surface area contributed by atoms with Crippen LogP contribution in [0.3, 0.4) is 0 Å². The minimum atomic E-state index is -1.21. The fraction of sp³-hybridized carbons (Fsp3) is 0.263. The van der Waals surface area contributed by atoms with E-state index in [9.17, 15) is 14.7 Å². The molecule has 0 bridgehead atoms. The summed E-state index contributed by atoms with van der Waals surface area (Å²) in [5, 5.41) is 12.5. The Morgan fingerprint density at radius 3 is 2.11 bits per heavy atom. The first-order chi connectivity index (χ1) is 12.8. The molecule has 0 fully saturated rings. The summed E-state index contributed by atoms with van der Waals surface area (Å²) in [4.78, 5) is 23.7. The van der Waals surface area contributed by atoms with Crippen molar-refractivity contribution in [2.75, 3.05) is 26.1 Å². The largest absolute Gasteiger partial charge is 0.493 e. The van der Waals surface area contributed by atoms with Crippen LogP contribution in [0.15, 0.2) is 24.3 Å². The predicted molar refractivity (Wildman–Crippen MR) is 102 cm³/mol. The third-order valence-corrected chi connectivity index (χ3v) is 4.40. The van der Waals surface area contributed by atoms with Gasteiger partial charge in [-0.1, -0.05) is 11.6 Å². The lowest BCUT2D eigenvalue weighted by molar-refractivity contribution is -0.118. The summed E-state index contributed by atoms with van der Waals surface area (Å²) in [6, 6.07) is 6.11. The number of carbonyl (C=O) groups is 2. The number of hydrogen-bond donors (Lipinski definition) is 2. The Labute approximate surface area is 161 Å². The summed E-state index contributed by atoms with van der Waals surface area (Å²) >= 11 is 6.11. The molecular formula is C19H20ClNO6. The van der Waals surface area contributed by atoms with Crippen molar-refractivity contribution in [2.45, 2.75) is 13.8 Å². The van der Waals surface area contributed by atoms with E-state index in [1.807, 2.05) is 13.8 Å². The quantitative estimate of drug-likeness (QED) is 0.745. The van der Waals surface area contributed by atoms with E-state index in [1.165, 1.54) is 26.4 Å². The minimum Gasteiger partial charge on any atom is -0.493 e. The Morgan fingerprint density at radius 2 is 1.59 bits per heavy atom. The van der Waals surface area contributed by atoms with Gasteiger partial charge in [0.05, 0.1) is 25.5 Å². The summed E-state index contributed by atoms with van der Waals surface area (Å²) in [5.74, 6) is -0.694. The van der Waals surface area contributed by atoms with Crippen LogP contribution in [-0.4, -0.2) is 37.8 Å². The predicted octanol–water partition coefficient (Wildman–Crippen LogP) is 3.69. The number of carbonyl (C=O) groups excluding carboxylic acids is 1. The Balaban J connectivity index is 2.16. The Bertz CT molecular complexity index is 858. The second kappa shape index (κ2) is 8.64. The maximum atomic E-state index is 12.2. The zero-order valence-electron chi connectivity index (χ0n) is 15.4. The fourth-order valence-electron chi connectivity index (χ4n) is 2.48. The Hall–Kier alpha value is -2.93. The van der Waals surface area contributed by atoms with Gasteiger partial charge in [-0.3, -0.25) is 4.79 Å². The van der Waals surface area contributed by atoms with E-state index in [-0.39, 0.29) is 23.6 Å². The monoisotopic (exact) mass is 393 g/mol. The zero-order chi connectivity index (χ0) is 20.1. The van der Waals surface area contributed by atoms with Crippen LogP contribution in [0.1, 0.15) is 21.5 Å². The third-order valence-electron chi connectivity index (χ3n) is 3.81. The second-order valence-corrected chi connectivity index (χ2v) is 6.14. The molecule has 2 rings (SSSR count). The first-order valence-electron chi connectivity index (χ1n) is 7.95. The highest BCUT2D eigenvalue weighted by Gasteiger charge is 2.18. The van der Waals surface area contributed by atoms with Crippen molar-refractivity contribution in [3.63, 3.8) is 0 Å². The van der Waals surface area contributed by atoms with Gasteiger partial charge in [-0.25, -0.2) is 4.79 Å². The van der Waals surface area contributed by atoms with Gasteiger partial charge in [0.15, 0.2) is 18.1 Å². The zero-order valence-corrected chi connectivity index (χ0v) is 16.1. The number of methoxy groups -OCH3 is 2. The van der Waals surface area contributed by atoms with Crippen LogP contribution in [0, 0.1) is 13.8 Å². The van der Waals surface area contributed by atoms with Crippen LogP contribution in [0.4, 0.5) is 5.69 Å². The molecule has 1 amide bonds.